The number of carbonyl (C=O) groups is 3. The maximum Gasteiger partial charge on any atom is 0.341 e. The Kier molecular flexibility index (Phi) is 8.12. The number of aryl methyl sites for hydroxylation is 1. The number of nitrogens with one attached hydrogen (secondary N) is 1. The predicted molar refractivity (Wildman–Crippen MR) is 130 cm³/mol. The zero-order valence-corrected chi connectivity index (χ0v) is 20.4. The molecule has 180 valence electrons. The predicted octanol–water partition coefficient (Wildman–Crippen LogP) is 5.10. The summed E-state index contributed by atoms with van der Waals surface area (Å²) in [6.07, 6.45) is 1.72. The SMILES string of the molecule is CCCc1ccc(OCc2ccc(C(=O)Nc3sc(C(N)=O)c(C)c3C(=O)OC(C)C)o2)cc1. The number of carbonyl (C=O) groups excluding carboxylic acids is 3. The smallest absolute Gasteiger partial charge is 0.341 e. The molecule has 0 spiro atoms. The minimum absolute atomic E-state index is 0.0340. The van der Waals surface area contributed by atoms with Crippen LogP contribution in [0.5, 0.6) is 5.75 Å². The third-order valence-electron chi connectivity index (χ3n) is 4.87. The van der Waals surface area contributed by atoms with Crippen LogP contribution in [0.1, 0.15) is 74.7 Å². The minimum atomic E-state index is -0.693. The van der Waals surface area contributed by atoms with Gasteiger partial charge in [-0.1, -0.05) is 25.5 Å². The van der Waals surface area contributed by atoms with Crippen LogP contribution < -0.4 is 15.8 Å². The van der Waals surface area contributed by atoms with Crippen molar-refractivity contribution in [2.75, 3.05) is 5.32 Å². The van der Waals surface area contributed by atoms with Crippen LogP contribution in [0.2, 0.25) is 0 Å². The summed E-state index contributed by atoms with van der Waals surface area (Å²) in [6.45, 7) is 7.28. The Bertz CT molecular complexity index is 1180. The van der Waals surface area contributed by atoms with Gasteiger partial charge in [-0.2, -0.15) is 0 Å². The van der Waals surface area contributed by atoms with E-state index in [1.165, 1.54) is 11.6 Å². The first-order valence-corrected chi connectivity index (χ1v) is 11.8. The third kappa shape index (κ3) is 6.05. The summed E-state index contributed by atoms with van der Waals surface area (Å²) in [4.78, 5) is 37.3. The summed E-state index contributed by atoms with van der Waals surface area (Å²) in [5, 5.41) is 2.81. The maximum atomic E-state index is 12.8. The topological polar surface area (TPSA) is 121 Å². The molecule has 1 aromatic carbocycles. The molecule has 2 aromatic heterocycles. The molecule has 0 atom stereocenters. The number of rotatable bonds is 10. The number of thiophene rings is 1. The molecule has 9 heteroatoms. The van der Waals surface area contributed by atoms with Crippen LogP contribution in [0.25, 0.3) is 0 Å². The Balaban J connectivity index is 1.71. The molecule has 8 nitrogen and oxygen atoms in total. The first-order chi connectivity index (χ1) is 16.2. The summed E-state index contributed by atoms with van der Waals surface area (Å²) in [7, 11) is 0. The number of furan rings is 1. The fourth-order valence-corrected chi connectivity index (χ4v) is 4.34. The summed E-state index contributed by atoms with van der Waals surface area (Å²) >= 11 is 0.918. The number of hydrogen-bond donors (Lipinski definition) is 2. The molecule has 0 fully saturated rings. The van der Waals surface area contributed by atoms with Gasteiger partial charge in [0.2, 0.25) is 0 Å². The van der Waals surface area contributed by atoms with E-state index in [4.69, 9.17) is 19.6 Å². The Labute approximate surface area is 202 Å². The zero-order chi connectivity index (χ0) is 24.8. The number of esters is 1. The Morgan fingerprint density at radius 3 is 2.44 bits per heavy atom. The Morgan fingerprint density at radius 1 is 1.12 bits per heavy atom. The molecule has 0 radical (unpaired) electrons. The van der Waals surface area contributed by atoms with E-state index in [0.717, 1.165) is 24.2 Å². The average Bonchev–Trinajstić information content (AvgIpc) is 3.37. The van der Waals surface area contributed by atoms with Crippen molar-refractivity contribution < 1.29 is 28.3 Å². The van der Waals surface area contributed by atoms with Crippen molar-refractivity contribution in [1.29, 1.82) is 0 Å². The summed E-state index contributed by atoms with van der Waals surface area (Å²) in [6, 6.07) is 11.0. The second-order valence-corrected chi connectivity index (χ2v) is 9.00. The molecular formula is C25H28N2O6S. The standard InChI is InChI=1S/C25H28N2O6S/c1-5-6-16-7-9-17(10-8-16)31-13-18-11-12-19(33-18)23(29)27-24-20(25(30)32-14(2)3)15(4)21(34-24)22(26)28/h7-12,14H,5-6,13H2,1-4H3,(H2,26,28)(H,27,29). The van der Waals surface area contributed by atoms with E-state index in [2.05, 4.69) is 12.2 Å². The van der Waals surface area contributed by atoms with Gasteiger partial charge in [-0.25, -0.2) is 4.79 Å². The van der Waals surface area contributed by atoms with Crippen LogP contribution in [0, 0.1) is 6.92 Å². The van der Waals surface area contributed by atoms with Crippen molar-refractivity contribution in [3.8, 4) is 5.75 Å². The molecule has 2 amide bonds. The molecule has 2 heterocycles. The zero-order valence-electron chi connectivity index (χ0n) is 19.6. The monoisotopic (exact) mass is 484 g/mol. The molecule has 0 aliphatic carbocycles. The van der Waals surface area contributed by atoms with Gasteiger partial charge in [0.15, 0.2) is 5.76 Å². The molecule has 3 rings (SSSR count). The fraction of sp³-hybridized carbons (Fsp3) is 0.320. The second kappa shape index (κ2) is 11.0. The van der Waals surface area contributed by atoms with Gasteiger partial charge in [0.1, 0.15) is 23.1 Å². The van der Waals surface area contributed by atoms with Gasteiger partial charge < -0.3 is 24.9 Å². The van der Waals surface area contributed by atoms with Gasteiger partial charge in [0.25, 0.3) is 11.8 Å². The van der Waals surface area contributed by atoms with Gasteiger partial charge in [-0.3, -0.25) is 9.59 Å². The van der Waals surface area contributed by atoms with Crippen molar-refractivity contribution in [1.82, 2.24) is 0 Å². The molecule has 0 unspecified atom stereocenters. The first-order valence-electron chi connectivity index (χ1n) is 11.0. The van der Waals surface area contributed by atoms with E-state index in [1.807, 2.05) is 24.3 Å². The van der Waals surface area contributed by atoms with Crippen LogP contribution in [0.4, 0.5) is 5.00 Å². The van der Waals surface area contributed by atoms with Gasteiger partial charge in [-0.15, -0.1) is 11.3 Å². The molecule has 0 aliphatic heterocycles. The van der Waals surface area contributed by atoms with Crippen molar-refractivity contribution in [3.05, 3.63) is 69.5 Å². The number of benzene rings is 1. The van der Waals surface area contributed by atoms with Gasteiger partial charge >= 0.3 is 5.97 Å². The van der Waals surface area contributed by atoms with Crippen molar-refractivity contribution >= 4 is 34.1 Å². The maximum absolute atomic E-state index is 12.8. The highest BCUT2D eigenvalue weighted by atomic mass is 32.1. The molecule has 34 heavy (non-hydrogen) atoms. The fourth-order valence-electron chi connectivity index (χ4n) is 3.29. The van der Waals surface area contributed by atoms with Gasteiger partial charge in [0, 0.05) is 0 Å². The van der Waals surface area contributed by atoms with Crippen molar-refractivity contribution in [2.45, 2.75) is 53.2 Å². The summed E-state index contributed by atoms with van der Waals surface area (Å²) < 4.78 is 16.6. The highest BCUT2D eigenvalue weighted by Gasteiger charge is 2.27. The second-order valence-electron chi connectivity index (χ2n) is 7.98. The van der Waals surface area contributed by atoms with Crippen LogP contribution in [-0.4, -0.2) is 23.9 Å². The largest absolute Gasteiger partial charge is 0.486 e. The molecule has 0 bridgehead atoms. The number of hydrogen-bond acceptors (Lipinski definition) is 7. The van der Waals surface area contributed by atoms with Crippen molar-refractivity contribution in [2.24, 2.45) is 5.73 Å². The highest BCUT2D eigenvalue weighted by Crippen LogP contribution is 2.34. The Morgan fingerprint density at radius 2 is 1.82 bits per heavy atom. The molecule has 3 N–H and O–H groups in total. The molecule has 0 saturated heterocycles. The molecule has 0 saturated carbocycles. The van der Waals surface area contributed by atoms with Crippen LogP contribution >= 0.6 is 11.3 Å². The van der Waals surface area contributed by atoms with E-state index >= 15 is 0 Å². The van der Waals surface area contributed by atoms with Gasteiger partial charge in [-0.05, 0) is 62.6 Å². The third-order valence-corrected chi connectivity index (χ3v) is 6.09. The van der Waals surface area contributed by atoms with E-state index < -0.39 is 17.8 Å². The number of anilines is 1. The van der Waals surface area contributed by atoms with Crippen molar-refractivity contribution in [3.63, 3.8) is 0 Å². The van der Waals surface area contributed by atoms with E-state index in [1.54, 1.807) is 26.8 Å². The summed E-state index contributed by atoms with van der Waals surface area (Å²) in [5.41, 5.74) is 7.12. The quantitative estimate of drug-likeness (QED) is 0.386. The van der Waals surface area contributed by atoms with E-state index in [0.29, 0.717) is 17.1 Å². The van der Waals surface area contributed by atoms with E-state index in [-0.39, 0.29) is 33.9 Å². The van der Waals surface area contributed by atoms with Crippen LogP contribution in [-0.2, 0) is 17.8 Å². The lowest BCUT2D eigenvalue weighted by molar-refractivity contribution is 0.0379. The Hall–Kier alpha value is -3.59. The molecular weight excluding hydrogens is 456 g/mol. The highest BCUT2D eigenvalue weighted by molar-refractivity contribution is 7.18. The number of amides is 2. The summed E-state index contributed by atoms with van der Waals surface area (Å²) in [5.74, 6) is -0.726. The molecule has 0 aliphatic rings. The normalized spacial score (nSPS) is 10.9. The average molecular weight is 485 g/mol. The number of nitrogens with two attached hydrogens (primary N) is 1. The lowest BCUT2D eigenvalue weighted by Crippen LogP contribution is -2.17. The minimum Gasteiger partial charge on any atom is -0.486 e. The van der Waals surface area contributed by atoms with Crippen LogP contribution in [0.15, 0.2) is 40.8 Å². The molecule has 3 aromatic rings. The number of ether oxygens (including phenoxy) is 2. The number of primary amides is 1. The lowest BCUT2D eigenvalue weighted by atomic mass is 10.1. The van der Waals surface area contributed by atoms with Crippen LogP contribution in [0.3, 0.4) is 0 Å². The lowest BCUT2D eigenvalue weighted by Gasteiger charge is -2.10. The first kappa shape index (κ1) is 25.0. The van der Waals surface area contributed by atoms with E-state index in [9.17, 15) is 14.4 Å². The van der Waals surface area contributed by atoms with Gasteiger partial charge in [0.05, 0.1) is 16.5 Å².